The van der Waals surface area contributed by atoms with E-state index in [1.807, 2.05) is 39.8 Å². The van der Waals surface area contributed by atoms with Gasteiger partial charge in [-0.05, 0) is 49.1 Å². The molecule has 30 heavy (non-hydrogen) atoms. The first kappa shape index (κ1) is 19.0. The number of ether oxygens (including phenoxy) is 1. The van der Waals surface area contributed by atoms with Gasteiger partial charge in [0.2, 0.25) is 0 Å². The van der Waals surface area contributed by atoms with E-state index in [1.165, 1.54) is 0 Å². The molecule has 0 radical (unpaired) electrons. The molecule has 0 aliphatic carbocycles. The highest BCUT2D eigenvalue weighted by molar-refractivity contribution is 5.98. The molecule has 5 rings (SSSR count). The molecule has 2 aliphatic rings. The van der Waals surface area contributed by atoms with Gasteiger partial charge in [0.15, 0.2) is 0 Å². The average Bonchev–Trinajstić information content (AvgIpc) is 3.19. The van der Waals surface area contributed by atoms with E-state index in [4.69, 9.17) is 4.74 Å². The van der Waals surface area contributed by atoms with E-state index in [0.29, 0.717) is 24.7 Å². The van der Waals surface area contributed by atoms with Crippen LogP contribution in [-0.2, 0) is 0 Å². The maximum atomic E-state index is 13.4. The van der Waals surface area contributed by atoms with Gasteiger partial charge >= 0.3 is 0 Å². The highest BCUT2D eigenvalue weighted by Gasteiger charge is 2.41. The minimum absolute atomic E-state index is 0.0295. The lowest BCUT2D eigenvalue weighted by Crippen LogP contribution is -2.51. The van der Waals surface area contributed by atoms with Crippen molar-refractivity contribution >= 4 is 16.8 Å². The Labute approximate surface area is 175 Å². The number of methoxy groups -OCH3 is 1. The molecule has 1 fully saturated rings. The number of nitrogens with one attached hydrogen (secondary N) is 1. The summed E-state index contributed by atoms with van der Waals surface area (Å²) in [5, 5.41) is 0.968. The number of pyridine rings is 1. The predicted molar refractivity (Wildman–Crippen MR) is 116 cm³/mol. The molecular weight excluding hydrogens is 378 g/mol. The van der Waals surface area contributed by atoms with E-state index in [1.54, 1.807) is 13.2 Å². The molecule has 2 aromatic heterocycles. The Morgan fingerprint density at radius 2 is 2.07 bits per heavy atom. The normalized spacial score (nSPS) is 22.7. The molecule has 1 N–H and O–H groups in total. The number of aromatic amines is 1. The van der Waals surface area contributed by atoms with Crippen LogP contribution in [-0.4, -0.2) is 40.6 Å². The smallest absolute Gasteiger partial charge is 0.270 e. The van der Waals surface area contributed by atoms with Gasteiger partial charge in [0.05, 0.1) is 7.11 Å². The molecule has 4 heterocycles. The number of carbonyl (C=O) groups excluding carboxylic acids is 1. The summed E-state index contributed by atoms with van der Waals surface area (Å²) in [7, 11) is 1.64. The Bertz CT molecular complexity index is 1160. The van der Waals surface area contributed by atoms with Gasteiger partial charge in [0.25, 0.3) is 11.5 Å². The molecule has 3 atom stereocenters. The van der Waals surface area contributed by atoms with Crippen molar-refractivity contribution < 1.29 is 9.53 Å². The van der Waals surface area contributed by atoms with E-state index in [-0.39, 0.29) is 23.4 Å². The molecule has 0 spiro atoms. The Hall–Kier alpha value is -3.02. The second kappa shape index (κ2) is 7.35. The van der Waals surface area contributed by atoms with Crippen LogP contribution in [0.25, 0.3) is 10.9 Å². The van der Waals surface area contributed by atoms with E-state index < -0.39 is 0 Å². The standard InChI is InChI=1S/C24H27N3O3/c1-3-5-21-16-10-17(22-6-4-7-23(28)27(21)22)14-26(13-16)24(29)20-12-15-11-18(30-2)8-9-19(15)25-20/h4,6-9,11-12,16-17,21,25H,3,5,10,13-14H2,1-2H3/t16-,17+,21-/m0/s1. The summed E-state index contributed by atoms with van der Waals surface area (Å²) < 4.78 is 7.31. The number of hydrogen-bond acceptors (Lipinski definition) is 3. The summed E-state index contributed by atoms with van der Waals surface area (Å²) in [5.41, 5.74) is 2.70. The zero-order chi connectivity index (χ0) is 20.8. The third kappa shape index (κ3) is 3.02. The van der Waals surface area contributed by atoms with Gasteiger partial charge in [-0.2, -0.15) is 0 Å². The van der Waals surface area contributed by atoms with Gasteiger partial charge in [-0.15, -0.1) is 0 Å². The number of benzene rings is 1. The summed E-state index contributed by atoms with van der Waals surface area (Å²) in [6.45, 7) is 3.50. The Morgan fingerprint density at radius 3 is 2.87 bits per heavy atom. The zero-order valence-corrected chi connectivity index (χ0v) is 17.4. The molecule has 2 aliphatic heterocycles. The predicted octanol–water partition coefficient (Wildman–Crippen LogP) is 3.94. The van der Waals surface area contributed by atoms with Crippen molar-refractivity contribution in [1.82, 2.24) is 14.5 Å². The lowest BCUT2D eigenvalue weighted by Gasteiger charge is -2.47. The SMILES string of the molecule is CCC[C@H]1[C@H]2C[C@H](CN(C(=O)c3cc4cc(OC)ccc4[nH]3)C2)c2cccc(=O)n21. The summed E-state index contributed by atoms with van der Waals surface area (Å²) in [5.74, 6) is 1.32. The van der Waals surface area contributed by atoms with E-state index in [0.717, 1.165) is 41.6 Å². The first-order chi connectivity index (χ1) is 14.6. The van der Waals surface area contributed by atoms with Crippen LogP contribution >= 0.6 is 0 Å². The van der Waals surface area contributed by atoms with Gasteiger partial charge in [-0.3, -0.25) is 9.59 Å². The van der Waals surface area contributed by atoms with Crippen molar-refractivity contribution in [2.45, 2.75) is 38.1 Å². The molecule has 0 unspecified atom stereocenters. The first-order valence-corrected chi connectivity index (χ1v) is 10.8. The third-order valence-electron chi connectivity index (χ3n) is 6.73. The number of piperidine rings is 1. The summed E-state index contributed by atoms with van der Waals surface area (Å²) in [6.07, 6.45) is 3.02. The first-order valence-electron chi connectivity index (χ1n) is 10.8. The second-order valence-corrected chi connectivity index (χ2v) is 8.55. The van der Waals surface area contributed by atoms with Gasteiger partial charge in [-0.25, -0.2) is 0 Å². The topological polar surface area (TPSA) is 67.3 Å². The highest BCUT2D eigenvalue weighted by Crippen LogP contribution is 2.43. The lowest BCUT2D eigenvalue weighted by molar-refractivity contribution is 0.0514. The average molecular weight is 405 g/mol. The van der Waals surface area contributed by atoms with Crippen molar-refractivity contribution in [3.8, 4) is 5.75 Å². The number of aromatic nitrogens is 2. The molecule has 1 amide bonds. The van der Waals surface area contributed by atoms with Crippen LogP contribution in [0.1, 0.15) is 54.3 Å². The van der Waals surface area contributed by atoms with Crippen molar-refractivity contribution in [3.05, 3.63) is 64.2 Å². The number of hydrogen-bond donors (Lipinski definition) is 1. The lowest BCUT2D eigenvalue weighted by atomic mass is 9.77. The van der Waals surface area contributed by atoms with Crippen molar-refractivity contribution in [1.29, 1.82) is 0 Å². The molecular formula is C24H27N3O3. The van der Waals surface area contributed by atoms with E-state index >= 15 is 0 Å². The summed E-state index contributed by atoms with van der Waals surface area (Å²) in [4.78, 5) is 31.3. The fourth-order valence-electron chi connectivity index (χ4n) is 5.40. The minimum atomic E-state index is 0.0295. The number of fused-ring (bicyclic) bond motifs is 5. The van der Waals surface area contributed by atoms with Crippen LogP contribution in [0, 0.1) is 5.92 Å². The van der Waals surface area contributed by atoms with Crippen molar-refractivity contribution in [3.63, 3.8) is 0 Å². The second-order valence-electron chi connectivity index (χ2n) is 8.55. The van der Waals surface area contributed by atoms with Crippen molar-refractivity contribution in [2.75, 3.05) is 20.2 Å². The number of likely N-dealkylation sites (tertiary alicyclic amines) is 1. The van der Waals surface area contributed by atoms with Crippen LogP contribution in [0.5, 0.6) is 5.75 Å². The molecule has 1 saturated heterocycles. The molecule has 0 saturated carbocycles. The number of amides is 1. The van der Waals surface area contributed by atoms with Gasteiger partial charge in [0, 0.05) is 47.7 Å². The number of carbonyl (C=O) groups is 1. The van der Waals surface area contributed by atoms with E-state index in [9.17, 15) is 9.59 Å². The monoisotopic (exact) mass is 405 g/mol. The number of H-pyrrole nitrogens is 1. The van der Waals surface area contributed by atoms with Gasteiger partial charge in [-0.1, -0.05) is 19.4 Å². The summed E-state index contributed by atoms with van der Waals surface area (Å²) in [6, 6.07) is 13.4. The Morgan fingerprint density at radius 1 is 1.20 bits per heavy atom. The molecule has 6 nitrogen and oxygen atoms in total. The van der Waals surface area contributed by atoms with Crippen LogP contribution in [0.3, 0.4) is 0 Å². The van der Waals surface area contributed by atoms with Gasteiger partial charge < -0.3 is 19.2 Å². The Balaban J connectivity index is 1.48. The minimum Gasteiger partial charge on any atom is -0.497 e. The molecule has 6 heteroatoms. The fraction of sp³-hybridized carbons (Fsp3) is 0.417. The molecule has 3 aromatic rings. The van der Waals surface area contributed by atoms with Crippen LogP contribution in [0.2, 0.25) is 0 Å². The summed E-state index contributed by atoms with van der Waals surface area (Å²) >= 11 is 0. The maximum Gasteiger partial charge on any atom is 0.270 e. The van der Waals surface area contributed by atoms with Gasteiger partial charge in [0.1, 0.15) is 11.4 Å². The van der Waals surface area contributed by atoms with Crippen LogP contribution in [0.15, 0.2) is 47.3 Å². The largest absolute Gasteiger partial charge is 0.497 e. The van der Waals surface area contributed by atoms with E-state index in [2.05, 4.69) is 18.0 Å². The molecule has 156 valence electrons. The zero-order valence-electron chi connectivity index (χ0n) is 17.4. The van der Waals surface area contributed by atoms with Crippen LogP contribution in [0.4, 0.5) is 0 Å². The third-order valence-corrected chi connectivity index (χ3v) is 6.73. The maximum absolute atomic E-state index is 13.4. The number of nitrogens with zero attached hydrogens (tertiary/aromatic N) is 2. The Kier molecular flexibility index (Phi) is 4.65. The van der Waals surface area contributed by atoms with Crippen LogP contribution < -0.4 is 10.3 Å². The molecule has 2 bridgehead atoms. The fourth-order valence-corrected chi connectivity index (χ4v) is 5.40. The number of rotatable bonds is 4. The quantitative estimate of drug-likeness (QED) is 0.715. The molecule has 1 aromatic carbocycles. The highest BCUT2D eigenvalue weighted by atomic mass is 16.5. The van der Waals surface area contributed by atoms with Crippen molar-refractivity contribution in [2.24, 2.45) is 5.92 Å².